The van der Waals surface area contributed by atoms with Gasteiger partial charge in [-0.3, -0.25) is 0 Å². The first-order valence-electron chi connectivity index (χ1n) is 8.35. The molecule has 0 fully saturated rings. The first-order chi connectivity index (χ1) is 12.6. The molecular weight excluding hydrogens is 392 g/mol. The topological polar surface area (TPSA) is 60.4 Å². The fourth-order valence-corrected chi connectivity index (χ4v) is 2.63. The molecule has 0 unspecified atom stereocenters. The van der Waals surface area contributed by atoms with Gasteiger partial charge >= 0.3 is 0 Å². The molecule has 0 aliphatic rings. The third-order valence-corrected chi connectivity index (χ3v) is 4.08. The Morgan fingerprint density at radius 2 is 1.54 bits per heavy atom. The van der Waals surface area contributed by atoms with Gasteiger partial charge in [0.25, 0.3) is 0 Å². The first-order valence-corrected chi connectivity index (χ1v) is 9.15. The second-order valence-corrected chi connectivity index (χ2v) is 6.58. The molecule has 4 heterocycles. The molecule has 0 saturated heterocycles. The standard InChI is InChI=1S/C12H13N3.C7H6BrN3/c1-3-4-5-6-11-9-13-12-8-7-10(2)14-15(11)12;1-5-2-3-7-9-4-6(8)11(7)10-5/h7-9H,3-4H2,1-2H3;2-4H,1H3. The summed E-state index contributed by atoms with van der Waals surface area (Å²) in [7, 11) is 0. The maximum atomic E-state index is 4.37. The largest absolute Gasteiger partial charge is 0.234 e. The lowest BCUT2D eigenvalue weighted by Crippen LogP contribution is -1.95. The molecule has 7 heteroatoms. The number of fused-ring (bicyclic) bond motifs is 2. The van der Waals surface area contributed by atoms with E-state index in [4.69, 9.17) is 0 Å². The lowest BCUT2D eigenvalue weighted by molar-refractivity contribution is 0.884. The van der Waals surface area contributed by atoms with Gasteiger partial charge in [0.1, 0.15) is 10.3 Å². The van der Waals surface area contributed by atoms with Crippen LogP contribution < -0.4 is 0 Å². The smallest absolute Gasteiger partial charge is 0.154 e. The third-order valence-electron chi connectivity index (χ3n) is 3.54. The van der Waals surface area contributed by atoms with E-state index < -0.39 is 0 Å². The van der Waals surface area contributed by atoms with Crippen molar-refractivity contribution in [2.75, 3.05) is 0 Å². The summed E-state index contributed by atoms with van der Waals surface area (Å²) in [5.74, 6) is 6.18. The minimum absolute atomic E-state index is 0.849. The second kappa shape index (κ2) is 8.11. The highest BCUT2D eigenvalue weighted by atomic mass is 79.9. The fourth-order valence-electron chi connectivity index (χ4n) is 2.27. The predicted octanol–water partition coefficient (Wildman–Crippen LogP) is 3.99. The van der Waals surface area contributed by atoms with Crippen molar-refractivity contribution in [3.8, 4) is 11.8 Å². The van der Waals surface area contributed by atoms with Crippen LogP contribution in [0, 0.1) is 25.7 Å². The normalized spacial score (nSPS) is 10.3. The monoisotopic (exact) mass is 410 g/mol. The van der Waals surface area contributed by atoms with Crippen LogP contribution in [0.5, 0.6) is 0 Å². The Hall–Kier alpha value is -2.72. The number of aryl methyl sites for hydroxylation is 2. The highest BCUT2D eigenvalue weighted by Crippen LogP contribution is 2.10. The minimum Gasteiger partial charge on any atom is -0.234 e. The maximum absolute atomic E-state index is 4.37. The first kappa shape index (κ1) is 18.1. The molecule has 0 amide bonds. The number of aromatic nitrogens is 6. The number of hydrogen-bond acceptors (Lipinski definition) is 4. The molecular formula is C19H19BrN6. The zero-order valence-corrected chi connectivity index (χ0v) is 16.5. The number of nitrogens with zero attached hydrogens (tertiary/aromatic N) is 6. The van der Waals surface area contributed by atoms with E-state index in [0.717, 1.165) is 45.8 Å². The average Bonchev–Trinajstić information content (AvgIpc) is 3.20. The van der Waals surface area contributed by atoms with E-state index in [2.05, 4.69) is 54.9 Å². The van der Waals surface area contributed by atoms with Crippen molar-refractivity contribution in [2.24, 2.45) is 0 Å². The number of halogens is 1. The quantitative estimate of drug-likeness (QED) is 0.445. The van der Waals surface area contributed by atoms with E-state index >= 15 is 0 Å². The zero-order chi connectivity index (χ0) is 18.5. The van der Waals surface area contributed by atoms with Crippen molar-refractivity contribution in [3.63, 3.8) is 0 Å². The molecule has 0 aliphatic heterocycles. The Balaban J connectivity index is 0.000000158. The predicted molar refractivity (Wildman–Crippen MR) is 105 cm³/mol. The molecule has 0 saturated carbocycles. The Morgan fingerprint density at radius 1 is 0.923 bits per heavy atom. The molecule has 0 atom stereocenters. The summed E-state index contributed by atoms with van der Waals surface area (Å²) >= 11 is 3.34. The van der Waals surface area contributed by atoms with Gasteiger partial charge in [-0.05, 0) is 66.4 Å². The van der Waals surface area contributed by atoms with Crippen LogP contribution in [0.4, 0.5) is 0 Å². The number of imidazole rings is 2. The maximum Gasteiger partial charge on any atom is 0.154 e. The molecule has 0 aromatic carbocycles. The Bertz CT molecular complexity index is 1100. The summed E-state index contributed by atoms with van der Waals surface area (Å²) in [6, 6.07) is 7.78. The molecule has 4 rings (SSSR count). The lowest BCUT2D eigenvalue weighted by atomic mass is 10.3. The zero-order valence-electron chi connectivity index (χ0n) is 14.9. The van der Waals surface area contributed by atoms with Crippen LogP contribution in [0.1, 0.15) is 36.8 Å². The molecule has 4 aromatic heterocycles. The molecule has 0 radical (unpaired) electrons. The highest BCUT2D eigenvalue weighted by molar-refractivity contribution is 9.10. The van der Waals surface area contributed by atoms with Gasteiger partial charge in [0, 0.05) is 6.42 Å². The summed E-state index contributed by atoms with van der Waals surface area (Å²) in [5.41, 5.74) is 4.53. The van der Waals surface area contributed by atoms with Crippen molar-refractivity contribution < 1.29 is 0 Å². The van der Waals surface area contributed by atoms with E-state index in [0.29, 0.717) is 0 Å². The SMILES string of the molecule is CCCC#Cc1cnc2ccc(C)nn12.Cc1ccc2ncc(Br)n2n1. The molecule has 0 spiro atoms. The van der Waals surface area contributed by atoms with Crippen molar-refractivity contribution >= 4 is 27.2 Å². The van der Waals surface area contributed by atoms with Crippen LogP contribution >= 0.6 is 15.9 Å². The molecule has 132 valence electrons. The summed E-state index contributed by atoms with van der Waals surface area (Å²) in [5, 5.41) is 8.61. The van der Waals surface area contributed by atoms with Crippen LogP contribution in [0.25, 0.3) is 11.3 Å². The number of hydrogen-bond donors (Lipinski definition) is 0. The fraction of sp³-hybridized carbons (Fsp3) is 0.263. The Morgan fingerprint density at radius 3 is 2.23 bits per heavy atom. The Labute approximate surface area is 160 Å². The van der Waals surface area contributed by atoms with E-state index in [-0.39, 0.29) is 0 Å². The van der Waals surface area contributed by atoms with E-state index in [1.54, 1.807) is 21.4 Å². The van der Waals surface area contributed by atoms with Gasteiger partial charge in [0.05, 0.1) is 23.8 Å². The van der Waals surface area contributed by atoms with E-state index in [9.17, 15) is 0 Å². The van der Waals surface area contributed by atoms with E-state index in [1.807, 2.05) is 38.1 Å². The molecule has 0 bridgehead atoms. The van der Waals surface area contributed by atoms with E-state index in [1.165, 1.54) is 0 Å². The van der Waals surface area contributed by atoms with Crippen LogP contribution in [0.3, 0.4) is 0 Å². The summed E-state index contributed by atoms with van der Waals surface area (Å²) in [4.78, 5) is 8.35. The van der Waals surface area contributed by atoms with Gasteiger partial charge in [-0.15, -0.1) is 0 Å². The van der Waals surface area contributed by atoms with Crippen molar-refractivity contribution in [3.05, 3.63) is 58.3 Å². The average molecular weight is 411 g/mol. The van der Waals surface area contributed by atoms with Crippen molar-refractivity contribution in [1.29, 1.82) is 0 Å². The summed E-state index contributed by atoms with van der Waals surface area (Å²) < 4.78 is 4.43. The van der Waals surface area contributed by atoms with Gasteiger partial charge in [0.2, 0.25) is 0 Å². The minimum atomic E-state index is 0.849. The number of rotatable bonds is 1. The third kappa shape index (κ3) is 4.09. The molecule has 6 nitrogen and oxygen atoms in total. The van der Waals surface area contributed by atoms with Gasteiger partial charge in [-0.25, -0.2) is 19.0 Å². The van der Waals surface area contributed by atoms with Crippen LogP contribution in [-0.2, 0) is 0 Å². The van der Waals surface area contributed by atoms with Crippen molar-refractivity contribution in [2.45, 2.75) is 33.6 Å². The molecule has 0 N–H and O–H groups in total. The molecule has 26 heavy (non-hydrogen) atoms. The summed E-state index contributed by atoms with van der Waals surface area (Å²) in [6.45, 7) is 6.03. The summed E-state index contributed by atoms with van der Waals surface area (Å²) in [6.07, 6.45) is 5.50. The number of unbranched alkanes of at least 4 members (excludes halogenated alkanes) is 1. The van der Waals surface area contributed by atoms with Crippen molar-refractivity contribution in [1.82, 2.24) is 29.2 Å². The lowest BCUT2D eigenvalue weighted by Gasteiger charge is -1.95. The van der Waals surface area contributed by atoms with Gasteiger partial charge in [0.15, 0.2) is 11.3 Å². The van der Waals surface area contributed by atoms with Crippen LogP contribution in [0.2, 0.25) is 0 Å². The molecule has 4 aromatic rings. The van der Waals surface area contributed by atoms with Gasteiger partial charge in [-0.2, -0.15) is 10.2 Å². The Kier molecular flexibility index (Phi) is 5.64. The van der Waals surface area contributed by atoms with Gasteiger partial charge in [-0.1, -0.05) is 12.8 Å². The van der Waals surface area contributed by atoms with Crippen LogP contribution in [-0.4, -0.2) is 29.2 Å². The highest BCUT2D eigenvalue weighted by Gasteiger charge is 2.01. The second-order valence-electron chi connectivity index (χ2n) is 5.77. The van der Waals surface area contributed by atoms with Crippen LogP contribution in [0.15, 0.2) is 41.3 Å². The molecule has 0 aliphatic carbocycles. The van der Waals surface area contributed by atoms with Gasteiger partial charge < -0.3 is 0 Å².